The summed E-state index contributed by atoms with van der Waals surface area (Å²) in [7, 11) is 0. The number of anilines is 1. The highest BCUT2D eigenvalue weighted by atomic mass is 15.1. The molecule has 2 heteroatoms. The minimum atomic E-state index is 0.949. The molecule has 0 fully saturated rings. The van der Waals surface area contributed by atoms with Crippen molar-refractivity contribution in [3.8, 4) is 0 Å². The van der Waals surface area contributed by atoms with Gasteiger partial charge in [0.2, 0.25) is 5.52 Å². The first-order chi connectivity index (χ1) is 14.3. The molecule has 1 aromatic heterocycles. The first-order valence-electron chi connectivity index (χ1n) is 10.3. The van der Waals surface area contributed by atoms with Crippen LogP contribution in [-0.4, -0.2) is 6.54 Å². The summed E-state index contributed by atoms with van der Waals surface area (Å²) >= 11 is 0. The van der Waals surface area contributed by atoms with Gasteiger partial charge in [-0.25, -0.2) is 0 Å². The fraction of sp³-hybridized carbons (Fsp3) is 0.148. The van der Waals surface area contributed by atoms with Gasteiger partial charge in [-0.1, -0.05) is 60.7 Å². The maximum Gasteiger partial charge on any atom is 0.213 e. The molecular weight excluding hydrogens is 352 g/mol. The summed E-state index contributed by atoms with van der Waals surface area (Å²) in [4.78, 5) is 2.34. The lowest BCUT2D eigenvalue weighted by molar-refractivity contribution is -0.667. The highest BCUT2D eigenvalue weighted by molar-refractivity contribution is 5.85. The van der Waals surface area contributed by atoms with Crippen LogP contribution in [0.5, 0.6) is 0 Å². The number of nitrogens with zero attached hydrogens (tertiary/aromatic N) is 2. The summed E-state index contributed by atoms with van der Waals surface area (Å²) in [5.41, 5.74) is 6.27. The first kappa shape index (κ1) is 18.9. The Morgan fingerprint density at radius 2 is 1.69 bits per heavy atom. The van der Waals surface area contributed by atoms with Crippen molar-refractivity contribution in [1.29, 1.82) is 0 Å². The summed E-state index contributed by atoms with van der Waals surface area (Å²) in [6.45, 7) is 6.29. The van der Waals surface area contributed by atoms with Gasteiger partial charge < -0.3 is 4.90 Å². The minimum Gasteiger partial charge on any atom is -0.341 e. The standard InChI is InChI=1S/C27H27N2/c1-3-28-21-20-22(25-15-9-11-17-27(25)28)12-6-5-7-14-24-19-18-23-13-8-10-16-26(23)29(24)4-2/h5-21H,3-4H2,1-2H3/q+1. The molecule has 2 nitrogen and oxygen atoms in total. The monoisotopic (exact) mass is 379 g/mol. The van der Waals surface area contributed by atoms with Gasteiger partial charge in [-0.05, 0) is 49.3 Å². The van der Waals surface area contributed by atoms with Gasteiger partial charge in [-0.2, -0.15) is 4.57 Å². The molecule has 0 unspecified atom stereocenters. The second kappa shape index (κ2) is 8.74. The van der Waals surface area contributed by atoms with E-state index in [9.17, 15) is 0 Å². The van der Waals surface area contributed by atoms with E-state index < -0.39 is 0 Å². The number of likely N-dealkylation sites (N-methyl/N-ethyl adjacent to an activating group) is 1. The lowest BCUT2D eigenvalue weighted by Crippen LogP contribution is -2.32. The predicted molar refractivity (Wildman–Crippen MR) is 125 cm³/mol. The van der Waals surface area contributed by atoms with Crippen LogP contribution in [0.2, 0.25) is 0 Å². The molecule has 0 spiro atoms. The van der Waals surface area contributed by atoms with Crippen molar-refractivity contribution < 1.29 is 4.57 Å². The SMILES string of the molecule is CCN1C(=CC=CC=Cc2cc[n+](CC)c3ccccc23)C=Cc2ccccc21. The van der Waals surface area contributed by atoms with E-state index in [4.69, 9.17) is 0 Å². The van der Waals surface area contributed by atoms with E-state index in [0.29, 0.717) is 0 Å². The molecule has 3 aromatic rings. The third-order valence-electron chi connectivity index (χ3n) is 5.35. The van der Waals surface area contributed by atoms with Crippen LogP contribution in [0, 0.1) is 0 Å². The Morgan fingerprint density at radius 3 is 2.55 bits per heavy atom. The second-order valence-corrected chi connectivity index (χ2v) is 7.05. The van der Waals surface area contributed by atoms with E-state index in [2.05, 4.69) is 127 Å². The molecule has 0 atom stereocenters. The summed E-state index contributed by atoms with van der Waals surface area (Å²) < 4.78 is 2.28. The van der Waals surface area contributed by atoms with Crippen molar-refractivity contribution in [3.05, 3.63) is 108 Å². The number of hydrogen-bond donors (Lipinski definition) is 0. The van der Waals surface area contributed by atoms with Gasteiger partial charge in [-0.3, -0.25) is 0 Å². The number of hydrogen-bond acceptors (Lipinski definition) is 1. The zero-order chi connectivity index (χ0) is 20.1. The van der Waals surface area contributed by atoms with Gasteiger partial charge in [0.05, 0.1) is 5.39 Å². The number of pyridine rings is 1. The third kappa shape index (κ3) is 3.93. The van der Waals surface area contributed by atoms with Gasteiger partial charge >= 0.3 is 0 Å². The molecule has 0 bridgehead atoms. The molecule has 4 rings (SSSR count). The Balaban J connectivity index is 1.54. The minimum absolute atomic E-state index is 0.949. The Hall–Kier alpha value is -3.39. The lowest BCUT2D eigenvalue weighted by Gasteiger charge is -2.29. The van der Waals surface area contributed by atoms with Crippen molar-refractivity contribution in [2.75, 3.05) is 11.4 Å². The molecular formula is C27H27N2+. The number of aromatic nitrogens is 1. The maximum absolute atomic E-state index is 2.34. The zero-order valence-electron chi connectivity index (χ0n) is 17.1. The van der Waals surface area contributed by atoms with Gasteiger partial charge in [0.15, 0.2) is 6.20 Å². The van der Waals surface area contributed by atoms with E-state index in [0.717, 1.165) is 13.1 Å². The van der Waals surface area contributed by atoms with E-state index in [1.807, 2.05) is 0 Å². The van der Waals surface area contributed by atoms with E-state index >= 15 is 0 Å². The molecule has 0 amide bonds. The van der Waals surface area contributed by atoms with Crippen molar-refractivity contribution >= 4 is 28.7 Å². The van der Waals surface area contributed by atoms with Crippen LogP contribution >= 0.6 is 0 Å². The zero-order valence-corrected chi connectivity index (χ0v) is 17.1. The fourth-order valence-corrected chi connectivity index (χ4v) is 3.88. The molecule has 1 aliphatic rings. The predicted octanol–water partition coefficient (Wildman–Crippen LogP) is 6.15. The van der Waals surface area contributed by atoms with Crippen LogP contribution < -0.4 is 9.47 Å². The lowest BCUT2D eigenvalue weighted by atomic mass is 10.1. The second-order valence-electron chi connectivity index (χ2n) is 7.05. The summed E-state index contributed by atoms with van der Waals surface area (Å²) in [6.07, 6.45) is 17.2. The molecule has 1 aliphatic heterocycles. The quantitative estimate of drug-likeness (QED) is 0.381. The maximum atomic E-state index is 2.34. The summed E-state index contributed by atoms with van der Waals surface area (Å²) in [6, 6.07) is 19.3. The molecule has 2 heterocycles. The Labute approximate surface area is 173 Å². The topological polar surface area (TPSA) is 7.12 Å². The van der Waals surface area contributed by atoms with Crippen molar-refractivity contribution in [1.82, 2.24) is 0 Å². The highest BCUT2D eigenvalue weighted by Gasteiger charge is 2.14. The number of benzene rings is 2. The average molecular weight is 380 g/mol. The Bertz CT molecular complexity index is 1130. The van der Waals surface area contributed by atoms with E-state index in [1.165, 1.54) is 33.4 Å². The van der Waals surface area contributed by atoms with Crippen molar-refractivity contribution in [2.24, 2.45) is 0 Å². The molecule has 0 aliphatic carbocycles. The molecule has 0 saturated carbocycles. The molecule has 144 valence electrons. The molecule has 0 N–H and O–H groups in total. The summed E-state index contributed by atoms with van der Waals surface area (Å²) in [5, 5.41) is 1.28. The Kier molecular flexibility index (Phi) is 5.71. The van der Waals surface area contributed by atoms with Gasteiger partial charge in [-0.15, -0.1) is 0 Å². The normalized spacial score (nSPS) is 15.1. The Morgan fingerprint density at radius 1 is 0.862 bits per heavy atom. The first-order valence-corrected chi connectivity index (χ1v) is 10.3. The number of fused-ring (bicyclic) bond motifs is 2. The van der Waals surface area contributed by atoms with Gasteiger partial charge in [0.25, 0.3) is 0 Å². The number of allylic oxidation sites excluding steroid dienone is 5. The fourth-order valence-electron chi connectivity index (χ4n) is 3.88. The number of aryl methyl sites for hydroxylation is 1. The van der Waals surface area contributed by atoms with Gasteiger partial charge in [0, 0.05) is 30.1 Å². The highest BCUT2D eigenvalue weighted by Crippen LogP contribution is 2.30. The number of rotatable bonds is 5. The van der Waals surface area contributed by atoms with Crippen LogP contribution in [0.3, 0.4) is 0 Å². The van der Waals surface area contributed by atoms with Crippen LogP contribution in [0.25, 0.3) is 23.1 Å². The largest absolute Gasteiger partial charge is 0.341 e. The molecule has 29 heavy (non-hydrogen) atoms. The van der Waals surface area contributed by atoms with Gasteiger partial charge in [0.1, 0.15) is 6.54 Å². The van der Waals surface area contributed by atoms with Crippen LogP contribution in [0.4, 0.5) is 5.69 Å². The smallest absolute Gasteiger partial charge is 0.213 e. The summed E-state index contributed by atoms with van der Waals surface area (Å²) in [5.74, 6) is 0. The third-order valence-corrected chi connectivity index (χ3v) is 5.35. The molecule has 2 aromatic carbocycles. The molecule has 0 saturated heterocycles. The number of para-hydroxylation sites is 2. The molecule has 0 radical (unpaired) electrons. The van der Waals surface area contributed by atoms with Crippen molar-refractivity contribution in [3.63, 3.8) is 0 Å². The van der Waals surface area contributed by atoms with E-state index in [1.54, 1.807) is 0 Å². The van der Waals surface area contributed by atoms with Crippen LogP contribution in [-0.2, 0) is 6.54 Å². The average Bonchev–Trinajstić information content (AvgIpc) is 2.78. The van der Waals surface area contributed by atoms with E-state index in [-0.39, 0.29) is 0 Å². The van der Waals surface area contributed by atoms with Crippen LogP contribution in [0.15, 0.2) is 96.9 Å². The van der Waals surface area contributed by atoms with Crippen LogP contribution in [0.1, 0.15) is 25.0 Å². The van der Waals surface area contributed by atoms with Crippen molar-refractivity contribution in [2.45, 2.75) is 20.4 Å².